The summed E-state index contributed by atoms with van der Waals surface area (Å²) in [5.41, 5.74) is 4.42. The highest BCUT2D eigenvalue weighted by molar-refractivity contribution is 6.00. The van der Waals surface area contributed by atoms with E-state index in [1.165, 1.54) is 18.2 Å². The summed E-state index contributed by atoms with van der Waals surface area (Å²) >= 11 is 0. The minimum atomic E-state index is -4.81. The topological polar surface area (TPSA) is 131 Å². The Hall–Kier alpha value is -3.41. The number of aromatic nitrogens is 2. The van der Waals surface area contributed by atoms with Crippen LogP contribution in [0, 0.1) is 11.3 Å². The van der Waals surface area contributed by atoms with Crippen molar-refractivity contribution in [2.45, 2.75) is 70.6 Å². The quantitative estimate of drug-likeness (QED) is 0.473. The van der Waals surface area contributed by atoms with E-state index < -0.39 is 46.6 Å². The van der Waals surface area contributed by atoms with Gasteiger partial charge in [-0.05, 0) is 75.7 Å². The molecule has 9 nitrogen and oxygen atoms in total. The summed E-state index contributed by atoms with van der Waals surface area (Å²) < 4.78 is 42.8. The molecule has 0 aliphatic heterocycles. The van der Waals surface area contributed by atoms with Gasteiger partial charge in [0.1, 0.15) is 6.04 Å². The number of hydrogen-bond donors (Lipinski definition) is 3. The molecule has 1 heterocycles. The van der Waals surface area contributed by atoms with Gasteiger partial charge < -0.3 is 16.2 Å². The normalized spacial score (nSPS) is 21.9. The third kappa shape index (κ3) is 5.80. The number of anilines is 1. The van der Waals surface area contributed by atoms with E-state index in [9.17, 15) is 32.7 Å². The Labute approximate surface area is 224 Å². The number of amides is 1. The van der Waals surface area contributed by atoms with Gasteiger partial charge in [0.25, 0.3) is 5.91 Å². The molecule has 2 aliphatic rings. The van der Waals surface area contributed by atoms with Crippen molar-refractivity contribution in [3.63, 3.8) is 0 Å². The van der Waals surface area contributed by atoms with Crippen LogP contribution in [-0.4, -0.2) is 63.6 Å². The Morgan fingerprint density at radius 1 is 1.18 bits per heavy atom. The number of hydrogen-bond acceptors (Lipinski definition) is 6. The van der Waals surface area contributed by atoms with Crippen molar-refractivity contribution in [3.05, 3.63) is 40.7 Å². The molecule has 1 fully saturated rings. The number of benzene rings is 1. The number of halogens is 3. The lowest BCUT2D eigenvalue weighted by Gasteiger charge is -2.35. The Kier molecular flexibility index (Phi) is 7.54. The number of carbonyl (C=O) groups excluding carboxylic acids is 2. The fourth-order valence-electron chi connectivity index (χ4n) is 6.00. The highest BCUT2D eigenvalue weighted by Crippen LogP contribution is 2.42. The molecule has 1 unspecified atom stereocenters. The molecule has 4 N–H and O–H groups in total. The average molecular weight is 550 g/mol. The van der Waals surface area contributed by atoms with Gasteiger partial charge in [0.05, 0.1) is 22.5 Å². The van der Waals surface area contributed by atoms with Gasteiger partial charge in [-0.1, -0.05) is 13.8 Å². The summed E-state index contributed by atoms with van der Waals surface area (Å²) in [6.45, 7) is 3.65. The first-order chi connectivity index (χ1) is 18.1. The molecule has 1 saturated carbocycles. The first-order valence-electron chi connectivity index (χ1n) is 12.9. The van der Waals surface area contributed by atoms with Gasteiger partial charge in [0.2, 0.25) is 0 Å². The van der Waals surface area contributed by atoms with E-state index in [4.69, 9.17) is 5.73 Å². The van der Waals surface area contributed by atoms with Crippen LogP contribution in [-0.2, 0) is 17.4 Å². The zero-order chi connectivity index (χ0) is 28.9. The zero-order valence-electron chi connectivity index (χ0n) is 22.4. The van der Waals surface area contributed by atoms with Crippen LogP contribution in [0.5, 0.6) is 0 Å². The zero-order valence-corrected chi connectivity index (χ0v) is 22.4. The fourth-order valence-corrected chi connectivity index (χ4v) is 6.00. The SMILES string of the molecule is CN(C)C(C(=O)O)C1CCC(Nc2cc(-n3nc(C(F)(F)F)c4c3CC(C)(C)CC4=O)ccc2C(N)=O)CC1. The van der Waals surface area contributed by atoms with Crippen LogP contribution in [0.2, 0.25) is 0 Å². The standard InChI is InChI=1S/C27H34F3N5O4/c1-26(2)12-19-21(20(36)13-26)23(27(28,29)30)33-35(19)16-9-10-17(24(31)37)18(11-16)32-15-7-5-14(6-8-15)22(25(38)39)34(3)4/h9-11,14-15,22,32H,5-8,12-13H2,1-4H3,(H2,31,37)(H,38,39). The number of carboxylic acids is 1. The van der Waals surface area contributed by atoms with Crippen molar-refractivity contribution >= 4 is 23.3 Å². The molecule has 2 aliphatic carbocycles. The lowest BCUT2D eigenvalue weighted by atomic mass is 9.75. The Morgan fingerprint density at radius 2 is 1.82 bits per heavy atom. The first kappa shape index (κ1) is 28.6. The van der Waals surface area contributed by atoms with Crippen LogP contribution in [0.15, 0.2) is 18.2 Å². The van der Waals surface area contributed by atoms with Crippen molar-refractivity contribution in [2.24, 2.45) is 17.1 Å². The molecule has 39 heavy (non-hydrogen) atoms. The van der Waals surface area contributed by atoms with Crippen LogP contribution in [0.25, 0.3) is 5.69 Å². The number of Topliss-reactive ketones (excluding diaryl/α,β-unsaturated/α-hetero) is 1. The second-order valence-corrected chi connectivity index (χ2v) is 11.6. The molecule has 1 aromatic heterocycles. The van der Waals surface area contributed by atoms with Gasteiger partial charge in [0.15, 0.2) is 11.5 Å². The van der Waals surface area contributed by atoms with E-state index in [0.29, 0.717) is 31.4 Å². The van der Waals surface area contributed by atoms with Crippen LogP contribution >= 0.6 is 0 Å². The smallest absolute Gasteiger partial charge is 0.435 e. The molecular formula is C27H34F3N5O4. The van der Waals surface area contributed by atoms with Gasteiger partial charge in [-0.25, -0.2) is 4.68 Å². The molecule has 0 radical (unpaired) electrons. The highest BCUT2D eigenvalue weighted by Gasteiger charge is 2.45. The number of aliphatic carboxylic acids is 1. The van der Waals surface area contributed by atoms with Crippen molar-refractivity contribution in [1.82, 2.24) is 14.7 Å². The molecular weight excluding hydrogens is 515 g/mol. The number of nitrogens with two attached hydrogens (primary N) is 1. The van der Waals surface area contributed by atoms with E-state index in [-0.39, 0.29) is 41.7 Å². The summed E-state index contributed by atoms with van der Waals surface area (Å²) in [5, 5.41) is 16.8. The Bertz CT molecular complexity index is 1290. The molecule has 4 rings (SSSR count). The molecule has 12 heteroatoms. The van der Waals surface area contributed by atoms with Gasteiger partial charge in [-0.15, -0.1) is 0 Å². The van der Waals surface area contributed by atoms with Gasteiger partial charge in [-0.3, -0.25) is 19.3 Å². The maximum atomic E-state index is 13.9. The van der Waals surface area contributed by atoms with Crippen LogP contribution in [0.4, 0.5) is 18.9 Å². The van der Waals surface area contributed by atoms with Gasteiger partial charge in [-0.2, -0.15) is 18.3 Å². The molecule has 0 saturated heterocycles. The first-order valence-corrected chi connectivity index (χ1v) is 12.9. The third-order valence-electron chi connectivity index (χ3n) is 7.71. The number of primary amides is 1. The number of nitrogens with one attached hydrogen (secondary N) is 1. The highest BCUT2D eigenvalue weighted by atomic mass is 19.4. The maximum Gasteiger partial charge on any atom is 0.435 e. The van der Waals surface area contributed by atoms with Gasteiger partial charge >= 0.3 is 12.1 Å². The van der Waals surface area contributed by atoms with Crippen molar-refractivity contribution in [2.75, 3.05) is 19.4 Å². The minimum absolute atomic E-state index is 0.0125. The summed E-state index contributed by atoms with van der Waals surface area (Å²) in [5.74, 6) is -2.20. The minimum Gasteiger partial charge on any atom is -0.480 e. The van der Waals surface area contributed by atoms with E-state index in [0.717, 1.165) is 4.68 Å². The molecule has 212 valence electrons. The number of fused-ring (bicyclic) bond motifs is 1. The molecule has 1 atom stereocenters. The number of carboxylic acid groups (broad SMARTS) is 1. The predicted octanol–water partition coefficient (Wildman–Crippen LogP) is 4.13. The third-order valence-corrected chi connectivity index (χ3v) is 7.71. The van der Waals surface area contributed by atoms with E-state index in [1.807, 2.05) is 13.8 Å². The Balaban J connectivity index is 1.67. The van der Waals surface area contributed by atoms with Crippen LogP contribution in [0.1, 0.15) is 78.1 Å². The maximum absolute atomic E-state index is 13.9. The summed E-state index contributed by atoms with van der Waals surface area (Å²) in [6.07, 6.45) is -2.01. The Morgan fingerprint density at radius 3 is 2.36 bits per heavy atom. The molecule has 1 aromatic carbocycles. The van der Waals surface area contributed by atoms with E-state index >= 15 is 0 Å². The number of ketones is 1. The molecule has 1 amide bonds. The number of likely N-dealkylation sites (N-methyl/N-ethyl adjacent to an activating group) is 1. The summed E-state index contributed by atoms with van der Waals surface area (Å²) in [4.78, 5) is 38.4. The average Bonchev–Trinajstić information content (AvgIpc) is 3.19. The monoisotopic (exact) mass is 549 g/mol. The number of alkyl halides is 3. The molecule has 2 aromatic rings. The number of carbonyl (C=O) groups is 3. The number of rotatable bonds is 7. The van der Waals surface area contributed by atoms with Crippen LogP contribution < -0.4 is 11.1 Å². The van der Waals surface area contributed by atoms with Crippen molar-refractivity contribution < 1.29 is 32.7 Å². The van der Waals surface area contributed by atoms with Crippen LogP contribution in [0.3, 0.4) is 0 Å². The fraction of sp³-hybridized carbons (Fsp3) is 0.556. The second kappa shape index (κ2) is 10.3. The lowest BCUT2D eigenvalue weighted by molar-refractivity contribution is -0.145. The van der Waals surface area contributed by atoms with Crippen molar-refractivity contribution in [3.8, 4) is 5.69 Å². The molecule has 0 bridgehead atoms. The van der Waals surface area contributed by atoms with Crippen molar-refractivity contribution in [1.29, 1.82) is 0 Å². The lowest BCUT2D eigenvalue weighted by Crippen LogP contribution is -2.44. The van der Waals surface area contributed by atoms with E-state index in [2.05, 4.69) is 10.4 Å². The summed E-state index contributed by atoms with van der Waals surface area (Å²) in [6, 6.07) is 3.75. The van der Waals surface area contributed by atoms with E-state index in [1.54, 1.807) is 19.0 Å². The second-order valence-electron chi connectivity index (χ2n) is 11.6. The van der Waals surface area contributed by atoms with Gasteiger partial charge in [0, 0.05) is 18.2 Å². The number of nitrogens with zero attached hydrogens (tertiary/aromatic N) is 3. The molecule has 0 spiro atoms. The predicted molar refractivity (Wildman–Crippen MR) is 138 cm³/mol. The summed E-state index contributed by atoms with van der Waals surface area (Å²) in [7, 11) is 3.47. The largest absolute Gasteiger partial charge is 0.480 e.